The Hall–Kier alpha value is -2.63. The number of hydrogen-bond acceptors (Lipinski definition) is 5. The molecule has 2 aromatic rings. The van der Waals surface area contributed by atoms with Crippen LogP contribution in [0.5, 0.6) is 11.5 Å². The van der Waals surface area contributed by atoms with E-state index in [-0.39, 0.29) is 29.6 Å². The Morgan fingerprint density at radius 1 is 1.04 bits per heavy atom. The van der Waals surface area contributed by atoms with Crippen molar-refractivity contribution in [1.82, 2.24) is 0 Å². The van der Waals surface area contributed by atoms with Crippen molar-refractivity contribution in [2.45, 2.75) is 31.0 Å². The Morgan fingerprint density at radius 2 is 1.85 bits per heavy atom. The van der Waals surface area contributed by atoms with Crippen LogP contribution in [0.15, 0.2) is 30.3 Å². The van der Waals surface area contributed by atoms with Gasteiger partial charge in [0.1, 0.15) is 11.5 Å². The van der Waals surface area contributed by atoms with Crippen molar-refractivity contribution < 1.29 is 24.9 Å². The summed E-state index contributed by atoms with van der Waals surface area (Å²) in [6, 6.07) is 8.52. The van der Waals surface area contributed by atoms with Gasteiger partial charge in [0.15, 0.2) is 5.78 Å². The zero-order chi connectivity index (χ0) is 18.2. The third kappa shape index (κ3) is 1.79. The fourth-order valence-corrected chi connectivity index (χ4v) is 4.91. The van der Waals surface area contributed by atoms with Crippen molar-refractivity contribution in [3.8, 4) is 11.5 Å². The summed E-state index contributed by atoms with van der Waals surface area (Å²) in [5, 5.41) is 31.5. The molecule has 5 rings (SSSR count). The number of fused-ring (bicyclic) bond motifs is 4. The minimum Gasteiger partial charge on any atom is -0.508 e. The van der Waals surface area contributed by atoms with Gasteiger partial charge in [0.2, 0.25) is 0 Å². The van der Waals surface area contributed by atoms with E-state index in [1.807, 2.05) is 12.1 Å². The number of phenols is 2. The van der Waals surface area contributed by atoms with Gasteiger partial charge in [-0.05, 0) is 40.0 Å². The van der Waals surface area contributed by atoms with Crippen LogP contribution in [-0.4, -0.2) is 34.3 Å². The van der Waals surface area contributed by atoms with Crippen LogP contribution in [0.2, 0.25) is 0 Å². The van der Waals surface area contributed by atoms with Crippen LogP contribution in [0, 0.1) is 0 Å². The highest BCUT2D eigenvalue weighted by atomic mass is 16.5. The predicted octanol–water partition coefficient (Wildman–Crippen LogP) is 3.14. The summed E-state index contributed by atoms with van der Waals surface area (Å²) in [4.78, 5) is 12.7. The standard InChI is InChI=1S/C21H18O5/c1-26-16-8-15(25)21-17-10-3-2-4-12(22)18(10)14(24)7-11(17)9-5-6-13(23)20(16)19(9)21/h2-6,11,15-16,22-23,25H,7-8H2,1H3/t11-,15+,16+/m1/s1. The minimum absolute atomic E-state index is 0.0295. The molecule has 3 aliphatic carbocycles. The van der Waals surface area contributed by atoms with Crippen molar-refractivity contribution in [2.75, 3.05) is 7.11 Å². The summed E-state index contributed by atoms with van der Waals surface area (Å²) >= 11 is 0. The first-order valence-corrected chi connectivity index (χ1v) is 8.69. The molecule has 5 nitrogen and oxygen atoms in total. The summed E-state index contributed by atoms with van der Waals surface area (Å²) in [6.45, 7) is 0. The van der Waals surface area contributed by atoms with E-state index < -0.39 is 12.2 Å². The maximum Gasteiger partial charge on any atom is 0.168 e. The number of methoxy groups -OCH3 is 1. The molecule has 3 atom stereocenters. The first-order chi connectivity index (χ1) is 12.5. The van der Waals surface area contributed by atoms with Crippen molar-refractivity contribution >= 4 is 16.9 Å². The molecule has 132 valence electrons. The number of Topliss-reactive ketones (excluding diaryl/α,β-unsaturated/α-hetero) is 1. The quantitative estimate of drug-likeness (QED) is 0.735. The molecule has 0 aliphatic heterocycles. The lowest BCUT2D eigenvalue weighted by Gasteiger charge is -2.31. The van der Waals surface area contributed by atoms with Gasteiger partial charge in [0.05, 0.1) is 17.8 Å². The van der Waals surface area contributed by atoms with Crippen LogP contribution in [0.3, 0.4) is 0 Å². The van der Waals surface area contributed by atoms with Crippen LogP contribution in [-0.2, 0) is 4.74 Å². The number of phenolic OH excluding ortho intramolecular Hbond substituents is 2. The average molecular weight is 350 g/mol. The highest BCUT2D eigenvalue weighted by Crippen LogP contribution is 2.59. The van der Waals surface area contributed by atoms with E-state index >= 15 is 0 Å². The molecule has 2 aromatic carbocycles. The second-order valence-electron chi connectivity index (χ2n) is 7.15. The molecule has 0 amide bonds. The number of ether oxygens (including phenoxy) is 1. The summed E-state index contributed by atoms with van der Waals surface area (Å²) in [6.07, 6.45) is -0.570. The molecule has 3 aliphatic rings. The topological polar surface area (TPSA) is 87.0 Å². The van der Waals surface area contributed by atoms with Crippen LogP contribution in [0.25, 0.3) is 11.1 Å². The number of carbonyl (C=O) groups is 1. The van der Waals surface area contributed by atoms with Gasteiger partial charge < -0.3 is 20.1 Å². The highest BCUT2D eigenvalue weighted by Gasteiger charge is 2.46. The van der Waals surface area contributed by atoms with Gasteiger partial charge in [-0.3, -0.25) is 4.79 Å². The van der Waals surface area contributed by atoms with Gasteiger partial charge in [0.25, 0.3) is 0 Å². The zero-order valence-electron chi connectivity index (χ0n) is 14.2. The number of benzene rings is 2. The molecular formula is C21H18O5. The molecule has 0 saturated heterocycles. The number of hydrogen-bond donors (Lipinski definition) is 3. The number of aromatic hydroxyl groups is 2. The van der Waals surface area contributed by atoms with Crippen LogP contribution in [0.1, 0.15) is 57.5 Å². The molecule has 3 N–H and O–H groups in total. The Labute approximate surface area is 150 Å². The normalized spacial score (nSPS) is 25.8. The number of aliphatic hydroxyl groups excluding tert-OH is 1. The van der Waals surface area contributed by atoms with Gasteiger partial charge in [-0.1, -0.05) is 18.2 Å². The molecule has 0 radical (unpaired) electrons. The molecular weight excluding hydrogens is 332 g/mol. The number of ketones is 1. The van der Waals surface area contributed by atoms with E-state index in [0.29, 0.717) is 23.1 Å². The van der Waals surface area contributed by atoms with Gasteiger partial charge in [-0.15, -0.1) is 0 Å². The van der Waals surface area contributed by atoms with Crippen LogP contribution < -0.4 is 0 Å². The first-order valence-electron chi connectivity index (χ1n) is 8.69. The van der Waals surface area contributed by atoms with Crippen molar-refractivity contribution in [1.29, 1.82) is 0 Å². The lowest BCUT2D eigenvalue weighted by molar-refractivity contribution is 0.0555. The lowest BCUT2D eigenvalue weighted by atomic mass is 9.77. The van der Waals surface area contributed by atoms with Gasteiger partial charge >= 0.3 is 0 Å². The number of rotatable bonds is 1. The average Bonchev–Trinajstić information content (AvgIpc) is 2.95. The van der Waals surface area contributed by atoms with E-state index in [1.165, 1.54) is 6.07 Å². The zero-order valence-corrected chi connectivity index (χ0v) is 14.2. The molecule has 0 spiro atoms. The summed E-state index contributed by atoms with van der Waals surface area (Å²) in [5.74, 6) is -0.169. The van der Waals surface area contributed by atoms with E-state index in [0.717, 1.165) is 22.3 Å². The molecule has 0 fully saturated rings. The maximum absolute atomic E-state index is 12.7. The Bertz CT molecular complexity index is 1000. The van der Waals surface area contributed by atoms with Crippen LogP contribution in [0.4, 0.5) is 0 Å². The molecule has 0 bridgehead atoms. The lowest BCUT2D eigenvalue weighted by Crippen LogP contribution is -2.23. The molecule has 0 aromatic heterocycles. The SMILES string of the molecule is CO[C@H]1C[C@H](O)C2=C3c4cccc(O)c4C(=O)C[C@@H]3c3ccc(O)c1c32. The first kappa shape index (κ1) is 15.6. The second kappa shape index (κ2) is 5.19. The largest absolute Gasteiger partial charge is 0.508 e. The van der Waals surface area contributed by atoms with Gasteiger partial charge in [-0.2, -0.15) is 0 Å². The van der Waals surface area contributed by atoms with Gasteiger partial charge in [0, 0.05) is 31.4 Å². The van der Waals surface area contributed by atoms with Gasteiger partial charge in [-0.25, -0.2) is 0 Å². The Balaban J connectivity index is 1.88. The van der Waals surface area contributed by atoms with Crippen molar-refractivity contribution in [3.63, 3.8) is 0 Å². The molecule has 26 heavy (non-hydrogen) atoms. The number of allylic oxidation sites excluding steroid dienone is 1. The number of aliphatic hydroxyl groups is 1. The van der Waals surface area contributed by atoms with Crippen LogP contribution >= 0.6 is 0 Å². The van der Waals surface area contributed by atoms with E-state index in [4.69, 9.17) is 4.74 Å². The van der Waals surface area contributed by atoms with E-state index in [2.05, 4.69) is 0 Å². The maximum atomic E-state index is 12.7. The fourth-order valence-electron chi connectivity index (χ4n) is 4.91. The molecule has 0 saturated carbocycles. The van der Waals surface area contributed by atoms with Crippen molar-refractivity contribution in [2.24, 2.45) is 0 Å². The Morgan fingerprint density at radius 3 is 2.62 bits per heavy atom. The smallest absolute Gasteiger partial charge is 0.168 e. The molecule has 5 heteroatoms. The number of carbonyl (C=O) groups excluding carboxylic acids is 1. The molecule has 0 unspecified atom stereocenters. The third-order valence-electron chi connectivity index (χ3n) is 5.92. The second-order valence-corrected chi connectivity index (χ2v) is 7.15. The summed E-state index contributed by atoms with van der Waals surface area (Å²) in [7, 11) is 1.56. The summed E-state index contributed by atoms with van der Waals surface area (Å²) < 4.78 is 5.51. The highest BCUT2D eigenvalue weighted by molar-refractivity contribution is 6.14. The molecule has 0 heterocycles. The third-order valence-corrected chi connectivity index (χ3v) is 5.92. The minimum atomic E-state index is -0.753. The predicted molar refractivity (Wildman–Crippen MR) is 95.1 cm³/mol. The Kier molecular flexibility index (Phi) is 3.12. The van der Waals surface area contributed by atoms with E-state index in [9.17, 15) is 20.1 Å². The van der Waals surface area contributed by atoms with E-state index in [1.54, 1.807) is 19.2 Å². The van der Waals surface area contributed by atoms with Crippen molar-refractivity contribution in [3.05, 3.63) is 58.1 Å². The monoisotopic (exact) mass is 350 g/mol. The fraction of sp³-hybridized carbons (Fsp3) is 0.286. The summed E-state index contributed by atoms with van der Waals surface area (Å²) in [5.41, 5.74) is 5.07.